The van der Waals surface area contributed by atoms with Gasteiger partial charge in [-0.05, 0) is 44.1 Å². The van der Waals surface area contributed by atoms with Crippen LogP contribution in [0.2, 0.25) is 0 Å². The number of halogens is 4. The molecule has 1 saturated heterocycles. The van der Waals surface area contributed by atoms with Gasteiger partial charge in [0.2, 0.25) is 0 Å². The van der Waals surface area contributed by atoms with Gasteiger partial charge >= 0.3 is 12.1 Å². The van der Waals surface area contributed by atoms with Gasteiger partial charge < -0.3 is 5.11 Å². The number of benzene rings is 1. The highest BCUT2D eigenvalue weighted by atomic mass is 35.5. The molecule has 1 fully saturated rings. The molecule has 1 aromatic rings. The van der Waals surface area contributed by atoms with Gasteiger partial charge in [0.15, 0.2) is 0 Å². The summed E-state index contributed by atoms with van der Waals surface area (Å²) in [5.41, 5.74) is -0.283. The van der Waals surface area contributed by atoms with Gasteiger partial charge in [-0.2, -0.15) is 13.2 Å². The molecule has 0 unspecified atom stereocenters. The van der Waals surface area contributed by atoms with E-state index < -0.39 is 17.7 Å². The van der Waals surface area contributed by atoms with E-state index in [1.165, 1.54) is 12.1 Å². The number of rotatable bonds is 6. The molecule has 4 nitrogen and oxygen atoms in total. The van der Waals surface area contributed by atoms with E-state index in [1.54, 1.807) is 6.07 Å². The van der Waals surface area contributed by atoms with Crippen molar-refractivity contribution in [2.45, 2.75) is 38.5 Å². The molecule has 0 spiro atoms. The third-order valence-electron chi connectivity index (χ3n) is 4.53. The van der Waals surface area contributed by atoms with Gasteiger partial charge in [0.25, 0.3) is 0 Å². The minimum absolute atomic E-state index is 0. The fourth-order valence-electron chi connectivity index (χ4n) is 3.29. The van der Waals surface area contributed by atoms with Crippen molar-refractivity contribution < 1.29 is 23.1 Å². The Hall–Kier alpha value is -1.31. The van der Waals surface area contributed by atoms with Crippen molar-refractivity contribution in [3.63, 3.8) is 0 Å². The average molecular weight is 381 g/mol. The molecule has 8 heteroatoms. The Kier molecular flexibility index (Phi) is 8.18. The van der Waals surface area contributed by atoms with Crippen LogP contribution < -0.4 is 0 Å². The van der Waals surface area contributed by atoms with Crippen LogP contribution in [0.4, 0.5) is 13.2 Å². The number of piperidine rings is 1. The standard InChI is InChI=1S/C17H23F3N2O2.ClH/c1-2-22(12-16(23)24)14-7-9-21(10-8-14)11-13-5-3-4-6-15(13)17(18,19)20;/h3-6,14H,2,7-12H2,1H3,(H,23,24);1H. The molecule has 1 aliphatic rings. The summed E-state index contributed by atoms with van der Waals surface area (Å²) in [6, 6.07) is 5.86. The smallest absolute Gasteiger partial charge is 0.416 e. The van der Waals surface area contributed by atoms with Gasteiger partial charge in [0.05, 0.1) is 12.1 Å². The number of alkyl halides is 3. The van der Waals surface area contributed by atoms with E-state index in [0.717, 1.165) is 18.9 Å². The molecule has 25 heavy (non-hydrogen) atoms. The Balaban J connectivity index is 0.00000312. The van der Waals surface area contributed by atoms with Crippen LogP contribution in [0.1, 0.15) is 30.9 Å². The minimum atomic E-state index is -4.34. The largest absolute Gasteiger partial charge is 0.480 e. The summed E-state index contributed by atoms with van der Waals surface area (Å²) in [4.78, 5) is 14.8. The van der Waals surface area contributed by atoms with Crippen LogP contribution in [0.15, 0.2) is 24.3 Å². The molecular weight excluding hydrogens is 357 g/mol. The lowest BCUT2D eigenvalue weighted by Crippen LogP contribution is -2.46. The van der Waals surface area contributed by atoms with Crippen molar-refractivity contribution in [3.8, 4) is 0 Å². The quantitative estimate of drug-likeness (QED) is 0.820. The zero-order chi connectivity index (χ0) is 17.7. The summed E-state index contributed by atoms with van der Waals surface area (Å²) >= 11 is 0. The molecule has 0 amide bonds. The van der Waals surface area contributed by atoms with Crippen molar-refractivity contribution in [2.75, 3.05) is 26.2 Å². The zero-order valence-corrected chi connectivity index (χ0v) is 14.9. The van der Waals surface area contributed by atoms with Crippen LogP contribution >= 0.6 is 12.4 Å². The first-order valence-corrected chi connectivity index (χ1v) is 8.14. The van der Waals surface area contributed by atoms with Crippen molar-refractivity contribution in [2.24, 2.45) is 0 Å². The Labute approximate surface area is 152 Å². The van der Waals surface area contributed by atoms with E-state index in [1.807, 2.05) is 16.7 Å². The lowest BCUT2D eigenvalue weighted by Gasteiger charge is -2.37. The second-order valence-electron chi connectivity index (χ2n) is 6.12. The highest BCUT2D eigenvalue weighted by Gasteiger charge is 2.33. The molecule has 0 aliphatic carbocycles. The lowest BCUT2D eigenvalue weighted by molar-refractivity contribution is -0.139. The second-order valence-corrected chi connectivity index (χ2v) is 6.12. The average Bonchev–Trinajstić information content (AvgIpc) is 2.53. The van der Waals surface area contributed by atoms with Gasteiger partial charge in [-0.1, -0.05) is 25.1 Å². The third-order valence-corrected chi connectivity index (χ3v) is 4.53. The van der Waals surface area contributed by atoms with Crippen LogP contribution in [0.3, 0.4) is 0 Å². The fourth-order valence-corrected chi connectivity index (χ4v) is 3.29. The lowest BCUT2D eigenvalue weighted by atomic mass is 10.0. The van der Waals surface area contributed by atoms with E-state index in [2.05, 4.69) is 0 Å². The second kappa shape index (κ2) is 9.40. The summed E-state index contributed by atoms with van der Waals surface area (Å²) in [6.45, 7) is 4.22. The molecule has 0 radical (unpaired) electrons. The first kappa shape index (κ1) is 21.7. The van der Waals surface area contributed by atoms with Gasteiger partial charge in [0, 0.05) is 12.6 Å². The number of likely N-dealkylation sites (N-methyl/N-ethyl adjacent to an activating group) is 1. The number of carbonyl (C=O) groups is 1. The number of carboxylic acid groups (broad SMARTS) is 1. The van der Waals surface area contributed by atoms with Gasteiger partial charge in [0.1, 0.15) is 0 Å². The summed E-state index contributed by atoms with van der Waals surface area (Å²) in [7, 11) is 0. The Morgan fingerprint density at radius 3 is 2.40 bits per heavy atom. The Morgan fingerprint density at radius 2 is 1.88 bits per heavy atom. The molecule has 1 aliphatic heterocycles. The summed E-state index contributed by atoms with van der Waals surface area (Å²) < 4.78 is 39.2. The molecular formula is C17H24ClF3N2O2. The van der Waals surface area contributed by atoms with E-state index in [4.69, 9.17) is 5.11 Å². The normalized spacial score (nSPS) is 16.7. The fraction of sp³-hybridized carbons (Fsp3) is 0.588. The van der Waals surface area contributed by atoms with Crippen LogP contribution in [-0.4, -0.2) is 53.1 Å². The first-order valence-electron chi connectivity index (χ1n) is 8.14. The maximum absolute atomic E-state index is 13.1. The number of hydrogen-bond acceptors (Lipinski definition) is 3. The van der Waals surface area contributed by atoms with Crippen molar-refractivity contribution in [1.82, 2.24) is 9.80 Å². The van der Waals surface area contributed by atoms with Gasteiger partial charge in [-0.25, -0.2) is 0 Å². The van der Waals surface area contributed by atoms with Crippen molar-refractivity contribution in [3.05, 3.63) is 35.4 Å². The predicted molar refractivity (Wildman–Crippen MR) is 91.9 cm³/mol. The number of nitrogens with zero attached hydrogens (tertiary/aromatic N) is 2. The van der Waals surface area contributed by atoms with E-state index >= 15 is 0 Å². The summed E-state index contributed by atoms with van der Waals surface area (Å²) in [6.07, 6.45) is -2.79. The third kappa shape index (κ3) is 6.17. The number of hydrogen-bond donors (Lipinski definition) is 1. The maximum atomic E-state index is 13.1. The van der Waals surface area contributed by atoms with Gasteiger partial charge in [-0.15, -0.1) is 12.4 Å². The molecule has 1 aromatic carbocycles. The van der Waals surface area contributed by atoms with E-state index in [0.29, 0.717) is 25.2 Å². The minimum Gasteiger partial charge on any atom is -0.480 e. The molecule has 142 valence electrons. The maximum Gasteiger partial charge on any atom is 0.416 e. The monoisotopic (exact) mass is 380 g/mol. The highest BCUT2D eigenvalue weighted by molar-refractivity contribution is 5.85. The van der Waals surface area contributed by atoms with E-state index in [9.17, 15) is 18.0 Å². The predicted octanol–water partition coefficient (Wildman–Crippen LogP) is 3.50. The molecule has 0 atom stereocenters. The Bertz CT molecular complexity index is 561. The zero-order valence-electron chi connectivity index (χ0n) is 14.1. The number of likely N-dealkylation sites (tertiary alicyclic amines) is 1. The number of aliphatic carboxylic acids is 1. The molecule has 0 saturated carbocycles. The molecule has 2 rings (SSSR count). The molecule has 0 aromatic heterocycles. The molecule has 1 heterocycles. The van der Waals surface area contributed by atoms with Crippen LogP contribution in [-0.2, 0) is 17.5 Å². The van der Waals surface area contributed by atoms with Crippen molar-refractivity contribution in [1.29, 1.82) is 0 Å². The van der Waals surface area contributed by atoms with Gasteiger partial charge in [-0.3, -0.25) is 14.6 Å². The van der Waals surface area contributed by atoms with Crippen LogP contribution in [0.5, 0.6) is 0 Å². The first-order chi connectivity index (χ1) is 11.3. The highest BCUT2D eigenvalue weighted by Crippen LogP contribution is 2.32. The SMILES string of the molecule is CCN(CC(=O)O)C1CCN(Cc2ccccc2C(F)(F)F)CC1.Cl. The molecule has 1 N–H and O–H groups in total. The van der Waals surface area contributed by atoms with Crippen LogP contribution in [0, 0.1) is 0 Å². The molecule has 0 bridgehead atoms. The van der Waals surface area contributed by atoms with Crippen LogP contribution in [0.25, 0.3) is 0 Å². The number of carboxylic acids is 1. The van der Waals surface area contributed by atoms with Crippen molar-refractivity contribution >= 4 is 18.4 Å². The Morgan fingerprint density at radius 1 is 1.28 bits per heavy atom. The van der Waals surface area contributed by atoms with E-state index in [-0.39, 0.29) is 31.5 Å². The summed E-state index contributed by atoms with van der Waals surface area (Å²) in [5.74, 6) is -0.849. The topological polar surface area (TPSA) is 43.8 Å². The summed E-state index contributed by atoms with van der Waals surface area (Å²) in [5, 5.41) is 8.94.